The molecule has 106 valence electrons. The van der Waals surface area contributed by atoms with Crippen LogP contribution in [0.1, 0.15) is 34.0 Å². The summed E-state index contributed by atoms with van der Waals surface area (Å²) in [5.74, 6) is -0.666. The maximum absolute atomic E-state index is 11.7. The molecule has 2 aromatic rings. The Bertz CT molecular complexity index is 502. The molecule has 0 aliphatic rings. The predicted octanol–water partition coefficient (Wildman–Crippen LogP) is 1.44. The number of hydrogen-bond donors (Lipinski definition) is 2. The van der Waals surface area contributed by atoms with Crippen molar-refractivity contribution in [1.29, 1.82) is 0 Å². The van der Waals surface area contributed by atoms with Crippen LogP contribution in [0.2, 0.25) is 0 Å². The third kappa shape index (κ3) is 3.43. The molecule has 0 unspecified atom stereocenters. The van der Waals surface area contributed by atoms with Crippen LogP contribution in [0, 0.1) is 0 Å². The zero-order valence-corrected chi connectivity index (χ0v) is 10.6. The standard InChI is InChI=1S/C14H14O6/c15-9(7-11(17)13-3-1-5-19-13)10(16)8-12(18)14-4-2-6-20-14/h1-6,9-10,15-16H,7-8H2/t9-,10-/m1/s1. The van der Waals surface area contributed by atoms with Gasteiger partial charge in [0.25, 0.3) is 0 Å². The fourth-order valence-corrected chi connectivity index (χ4v) is 1.73. The molecular formula is C14H14O6. The Morgan fingerprint density at radius 2 is 1.30 bits per heavy atom. The van der Waals surface area contributed by atoms with Crippen LogP contribution in [0.4, 0.5) is 0 Å². The van der Waals surface area contributed by atoms with E-state index in [1.54, 1.807) is 12.1 Å². The van der Waals surface area contributed by atoms with Crippen LogP contribution in [0.15, 0.2) is 45.6 Å². The molecule has 0 saturated carbocycles. The van der Waals surface area contributed by atoms with Crippen molar-refractivity contribution in [2.24, 2.45) is 0 Å². The van der Waals surface area contributed by atoms with Gasteiger partial charge in [0.2, 0.25) is 11.6 Å². The van der Waals surface area contributed by atoms with E-state index in [-0.39, 0.29) is 24.4 Å². The van der Waals surface area contributed by atoms with Gasteiger partial charge in [0.15, 0.2) is 11.5 Å². The third-order valence-corrected chi connectivity index (χ3v) is 2.83. The second-order valence-electron chi connectivity index (χ2n) is 4.34. The predicted molar refractivity (Wildman–Crippen MR) is 67.3 cm³/mol. The van der Waals surface area contributed by atoms with E-state index in [1.165, 1.54) is 24.7 Å². The molecule has 0 bridgehead atoms. The zero-order valence-electron chi connectivity index (χ0n) is 10.6. The van der Waals surface area contributed by atoms with E-state index in [2.05, 4.69) is 0 Å². The monoisotopic (exact) mass is 278 g/mol. The fourth-order valence-electron chi connectivity index (χ4n) is 1.73. The molecule has 0 aliphatic carbocycles. The number of rotatable bonds is 7. The molecule has 6 heteroatoms. The van der Waals surface area contributed by atoms with E-state index in [9.17, 15) is 19.8 Å². The molecule has 0 amide bonds. The second-order valence-corrected chi connectivity index (χ2v) is 4.34. The van der Waals surface area contributed by atoms with Gasteiger partial charge in [-0.3, -0.25) is 9.59 Å². The summed E-state index contributed by atoms with van der Waals surface area (Å²) in [4.78, 5) is 23.3. The highest BCUT2D eigenvalue weighted by Gasteiger charge is 2.25. The first-order valence-corrected chi connectivity index (χ1v) is 6.07. The Morgan fingerprint density at radius 1 is 0.900 bits per heavy atom. The minimum Gasteiger partial charge on any atom is -0.461 e. The van der Waals surface area contributed by atoms with Crippen molar-refractivity contribution >= 4 is 11.6 Å². The van der Waals surface area contributed by atoms with Gasteiger partial charge in [-0.15, -0.1) is 0 Å². The van der Waals surface area contributed by atoms with E-state index in [0.29, 0.717) is 0 Å². The van der Waals surface area contributed by atoms with E-state index >= 15 is 0 Å². The Balaban J connectivity index is 1.87. The topological polar surface area (TPSA) is 101 Å². The summed E-state index contributed by atoms with van der Waals surface area (Å²) in [5.41, 5.74) is 0. The lowest BCUT2D eigenvalue weighted by molar-refractivity contribution is 0.0115. The number of aliphatic hydroxyl groups excluding tert-OH is 2. The summed E-state index contributed by atoms with van der Waals surface area (Å²) in [6.45, 7) is 0. The minimum atomic E-state index is -1.34. The van der Waals surface area contributed by atoms with Gasteiger partial charge in [-0.05, 0) is 24.3 Å². The lowest BCUT2D eigenvalue weighted by atomic mass is 10.0. The van der Waals surface area contributed by atoms with Gasteiger partial charge < -0.3 is 19.0 Å². The largest absolute Gasteiger partial charge is 0.461 e. The van der Waals surface area contributed by atoms with Crippen molar-refractivity contribution in [3.8, 4) is 0 Å². The first-order valence-electron chi connectivity index (χ1n) is 6.07. The highest BCUT2D eigenvalue weighted by molar-refractivity contribution is 5.95. The number of furan rings is 2. The first kappa shape index (κ1) is 14.2. The van der Waals surface area contributed by atoms with Crippen molar-refractivity contribution < 1.29 is 28.6 Å². The maximum atomic E-state index is 11.7. The molecule has 2 rings (SSSR count). The number of carbonyl (C=O) groups excluding carboxylic acids is 2. The number of Topliss-reactive ketones (excluding diaryl/α,β-unsaturated/α-hetero) is 2. The Hall–Kier alpha value is -2.18. The van der Waals surface area contributed by atoms with Gasteiger partial charge in [-0.2, -0.15) is 0 Å². The molecule has 6 nitrogen and oxygen atoms in total. The van der Waals surface area contributed by atoms with Gasteiger partial charge >= 0.3 is 0 Å². The van der Waals surface area contributed by atoms with Gasteiger partial charge in [0, 0.05) is 12.8 Å². The SMILES string of the molecule is O=C(C[C@@H](O)[C@H](O)CC(=O)c1ccco1)c1ccco1. The van der Waals surface area contributed by atoms with Gasteiger partial charge in [-0.25, -0.2) is 0 Å². The van der Waals surface area contributed by atoms with Crippen LogP contribution in [-0.4, -0.2) is 34.0 Å². The smallest absolute Gasteiger partial charge is 0.200 e. The Labute approximate surface area is 114 Å². The molecule has 0 radical (unpaired) electrons. The molecule has 0 aromatic carbocycles. The summed E-state index contributed by atoms with van der Waals surface area (Å²) in [6.07, 6.45) is -0.634. The molecule has 2 atom stereocenters. The third-order valence-electron chi connectivity index (χ3n) is 2.83. The van der Waals surface area contributed by atoms with E-state index in [4.69, 9.17) is 8.83 Å². The van der Waals surface area contributed by atoms with Crippen LogP contribution in [-0.2, 0) is 0 Å². The number of hydrogen-bond acceptors (Lipinski definition) is 6. The minimum absolute atomic E-state index is 0.105. The molecular weight excluding hydrogens is 264 g/mol. The van der Waals surface area contributed by atoms with E-state index in [0.717, 1.165) is 0 Å². The molecule has 0 saturated heterocycles. The van der Waals surface area contributed by atoms with Crippen LogP contribution in [0.3, 0.4) is 0 Å². The summed E-state index contributed by atoms with van der Waals surface area (Å²) >= 11 is 0. The molecule has 0 fully saturated rings. The van der Waals surface area contributed by atoms with Crippen LogP contribution in [0.25, 0.3) is 0 Å². The maximum Gasteiger partial charge on any atom is 0.200 e. The quantitative estimate of drug-likeness (QED) is 0.743. The summed E-state index contributed by atoms with van der Waals surface area (Å²) in [6, 6.07) is 6.04. The van der Waals surface area contributed by atoms with Gasteiger partial charge in [0.1, 0.15) is 0 Å². The van der Waals surface area contributed by atoms with Crippen LogP contribution in [0.5, 0.6) is 0 Å². The molecule has 2 heterocycles. The van der Waals surface area contributed by atoms with E-state index in [1.807, 2.05) is 0 Å². The van der Waals surface area contributed by atoms with Crippen LogP contribution >= 0.6 is 0 Å². The number of aliphatic hydroxyl groups is 2. The average molecular weight is 278 g/mol. The lowest BCUT2D eigenvalue weighted by Crippen LogP contribution is -2.30. The van der Waals surface area contributed by atoms with Crippen molar-refractivity contribution in [3.05, 3.63) is 48.3 Å². The second kappa shape index (κ2) is 6.31. The summed E-state index contributed by atoms with van der Waals surface area (Å²) in [5, 5.41) is 19.5. The number of ketones is 2. The summed E-state index contributed by atoms with van der Waals surface area (Å²) in [7, 11) is 0. The Kier molecular flexibility index (Phi) is 4.49. The summed E-state index contributed by atoms with van der Waals surface area (Å²) < 4.78 is 9.78. The van der Waals surface area contributed by atoms with Crippen molar-refractivity contribution in [2.45, 2.75) is 25.0 Å². The van der Waals surface area contributed by atoms with Crippen LogP contribution < -0.4 is 0 Å². The fraction of sp³-hybridized carbons (Fsp3) is 0.286. The number of carbonyl (C=O) groups is 2. The van der Waals surface area contributed by atoms with Gasteiger partial charge in [-0.1, -0.05) is 0 Å². The molecule has 0 aliphatic heterocycles. The normalized spacial score (nSPS) is 13.9. The molecule has 2 N–H and O–H groups in total. The average Bonchev–Trinajstić information content (AvgIpc) is 3.11. The molecule has 2 aromatic heterocycles. The van der Waals surface area contributed by atoms with Gasteiger partial charge in [0.05, 0.1) is 24.7 Å². The zero-order chi connectivity index (χ0) is 14.5. The first-order chi connectivity index (χ1) is 9.58. The van der Waals surface area contributed by atoms with Crippen molar-refractivity contribution in [3.63, 3.8) is 0 Å². The van der Waals surface area contributed by atoms with Crippen molar-refractivity contribution in [2.75, 3.05) is 0 Å². The molecule has 0 spiro atoms. The highest BCUT2D eigenvalue weighted by Crippen LogP contribution is 2.13. The Morgan fingerprint density at radius 3 is 1.60 bits per heavy atom. The van der Waals surface area contributed by atoms with E-state index < -0.39 is 23.8 Å². The molecule has 20 heavy (non-hydrogen) atoms. The lowest BCUT2D eigenvalue weighted by Gasteiger charge is -2.15. The van der Waals surface area contributed by atoms with Crippen molar-refractivity contribution in [1.82, 2.24) is 0 Å². The highest BCUT2D eigenvalue weighted by atomic mass is 16.3.